The van der Waals surface area contributed by atoms with E-state index in [4.69, 9.17) is 9.47 Å². The van der Waals surface area contributed by atoms with Gasteiger partial charge in [-0.1, -0.05) is 18.2 Å². The fourth-order valence-electron chi connectivity index (χ4n) is 10.8. The molecule has 0 aliphatic carbocycles. The second-order valence-electron chi connectivity index (χ2n) is 19.2. The first-order valence-electron chi connectivity index (χ1n) is 25.0. The molecule has 2 saturated heterocycles. The lowest BCUT2D eigenvalue weighted by molar-refractivity contribution is -0.117. The maximum Gasteiger partial charge on any atom is 0.223 e. The van der Waals surface area contributed by atoms with Gasteiger partial charge in [-0.25, -0.2) is 9.97 Å². The van der Waals surface area contributed by atoms with E-state index in [1.54, 1.807) is 40.5 Å². The molecule has 4 aliphatic heterocycles. The summed E-state index contributed by atoms with van der Waals surface area (Å²) in [7, 11) is 3.40. The molecule has 0 bridgehead atoms. The maximum absolute atomic E-state index is 13.0. The minimum absolute atomic E-state index is 0.0367. The van der Waals surface area contributed by atoms with Gasteiger partial charge in [-0.2, -0.15) is 0 Å². The SMILES string of the molecule is COc1cc(N2CCC(c3cc4c(c(Nc5ccnc(Nc6ccc(N7CCN(C(C)C)CC7)cc6OC)c5)c3)N(C(C)=O)CC4)CC2)ccc1Nc1cc(Nc2cccc3c2N(C(C)=O)CC3)ccn1. The Balaban J connectivity index is 0.808. The molecular weight excluding hydrogens is 891 g/mol. The van der Waals surface area contributed by atoms with Crippen LogP contribution in [0.4, 0.5) is 68.5 Å². The minimum atomic E-state index is 0.0367. The van der Waals surface area contributed by atoms with Gasteiger partial charge in [0.15, 0.2) is 0 Å². The second-order valence-corrected chi connectivity index (χ2v) is 19.2. The van der Waals surface area contributed by atoms with E-state index in [1.807, 2.05) is 46.2 Å². The van der Waals surface area contributed by atoms with Crippen molar-refractivity contribution in [2.45, 2.75) is 65.3 Å². The second kappa shape index (κ2) is 20.4. The van der Waals surface area contributed by atoms with Crippen molar-refractivity contribution in [1.29, 1.82) is 0 Å². The predicted molar refractivity (Wildman–Crippen MR) is 287 cm³/mol. The van der Waals surface area contributed by atoms with Crippen LogP contribution in [0.3, 0.4) is 0 Å². The third kappa shape index (κ3) is 10.1. The van der Waals surface area contributed by atoms with E-state index in [2.05, 4.69) is 114 Å². The summed E-state index contributed by atoms with van der Waals surface area (Å²) in [4.78, 5) is 45.8. The molecule has 2 aromatic heterocycles. The number of carbonyl (C=O) groups is 2. The molecule has 4 N–H and O–H groups in total. The number of methoxy groups -OCH3 is 2. The highest BCUT2D eigenvalue weighted by Crippen LogP contribution is 2.44. The molecule has 4 aliphatic rings. The lowest BCUT2D eigenvalue weighted by atomic mass is 9.87. The van der Waals surface area contributed by atoms with Crippen LogP contribution in [-0.4, -0.2) is 99.3 Å². The average molecular weight is 956 g/mol. The highest BCUT2D eigenvalue weighted by Gasteiger charge is 2.30. The van der Waals surface area contributed by atoms with E-state index in [9.17, 15) is 9.59 Å². The summed E-state index contributed by atoms with van der Waals surface area (Å²) in [5.74, 6) is 3.27. The van der Waals surface area contributed by atoms with Gasteiger partial charge in [0, 0.05) is 132 Å². The van der Waals surface area contributed by atoms with Crippen molar-refractivity contribution in [2.24, 2.45) is 0 Å². The zero-order valence-corrected chi connectivity index (χ0v) is 41.7. The number of ether oxygens (including phenoxy) is 2. The Labute approximate surface area is 417 Å². The summed E-state index contributed by atoms with van der Waals surface area (Å²) in [6, 6.07) is 31.7. The zero-order chi connectivity index (χ0) is 49.2. The summed E-state index contributed by atoms with van der Waals surface area (Å²) >= 11 is 0. The summed E-state index contributed by atoms with van der Waals surface area (Å²) < 4.78 is 11.8. The number of hydrogen-bond donors (Lipinski definition) is 4. The summed E-state index contributed by atoms with van der Waals surface area (Å²) in [6.45, 7) is 15.0. The van der Waals surface area contributed by atoms with Crippen molar-refractivity contribution in [2.75, 3.05) is 107 Å². The molecule has 6 aromatic rings. The first-order valence-corrected chi connectivity index (χ1v) is 25.0. The molecule has 368 valence electrons. The molecule has 4 aromatic carbocycles. The summed E-state index contributed by atoms with van der Waals surface area (Å²) in [6.07, 6.45) is 7.18. The van der Waals surface area contributed by atoms with Gasteiger partial charge in [-0.3, -0.25) is 14.5 Å². The number of nitrogens with zero attached hydrogens (tertiary/aromatic N) is 7. The van der Waals surface area contributed by atoms with Crippen molar-refractivity contribution in [3.63, 3.8) is 0 Å². The van der Waals surface area contributed by atoms with Gasteiger partial charge in [-0.05, 0) is 111 Å². The van der Waals surface area contributed by atoms with Crippen molar-refractivity contribution >= 4 is 80.3 Å². The van der Waals surface area contributed by atoms with Crippen molar-refractivity contribution < 1.29 is 19.1 Å². The molecule has 0 spiro atoms. The maximum atomic E-state index is 13.0. The quantitative estimate of drug-likeness (QED) is 0.0824. The fraction of sp³-hybridized carbons (Fsp3) is 0.357. The number of aromatic nitrogens is 2. The van der Waals surface area contributed by atoms with E-state index in [0.29, 0.717) is 36.7 Å². The van der Waals surface area contributed by atoms with Crippen LogP contribution in [0.25, 0.3) is 0 Å². The van der Waals surface area contributed by atoms with Crippen LogP contribution >= 0.6 is 0 Å². The fourth-order valence-corrected chi connectivity index (χ4v) is 10.8. The van der Waals surface area contributed by atoms with Crippen molar-refractivity contribution in [1.82, 2.24) is 14.9 Å². The number of para-hydroxylation sites is 1. The molecule has 15 heteroatoms. The van der Waals surface area contributed by atoms with Crippen LogP contribution in [0.5, 0.6) is 11.5 Å². The van der Waals surface area contributed by atoms with E-state index in [-0.39, 0.29) is 11.8 Å². The number of anilines is 12. The molecule has 0 radical (unpaired) electrons. The van der Waals surface area contributed by atoms with Crippen LogP contribution in [0.15, 0.2) is 103 Å². The standard InChI is InChI=1S/C56H65N11O4/c1-36(2)63-26-28-65(29-27-63)46-11-13-48(52(35-46)71-6)62-54-33-44(15-21-58-54)60-50-31-42(30-41-19-25-67(38(4)69)56(41)50)39-16-22-64(23-17-39)45-10-12-47(51(34-45)70-5)61-53-32-43(14-20-57-53)59-49-9-7-8-40-18-24-66(37(3)68)55(40)49/h7-15,20-21,30-36,39H,16-19,22-29H2,1-6H3,(H2,57,59,61)(H2,58,60,62). The largest absolute Gasteiger partial charge is 0.494 e. The van der Waals surface area contributed by atoms with Gasteiger partial charge < -0.3 is 50.3 Å². The predicted octanol–water partition coefficient (Wildman–Crippen LogP) is 10.2. The molecule has 0 unspecified atom stereocenters. The van der Waals surface area contributed by atoms with Crippen molar-refractivity contribution in [3.05, 3.63) is 120 Å². The van der Waals surface area contributed by atoms with E-state index >= 15 is 0 Å². The minimum Gasteiger partial charge on any atom is -0.494 e. The highest BCUT2D eigenvalue weighted by molar-refractivity contribution is 6.00. The monoisotopic (exact) mass is 956 g/mol. The Bertz CT molecular complexity index is 2930. The summed E-state index contributed by atoms with van der Waals surface area (Å²) in [5.41, 5.74) is 13.0. The first-order chi connectivity index (χ1) is 34.5. The molecule has 6 heterocycles. The van der Waals surface area contributed by atoms with E-state index < -0.39 is 0 Å². The Kier molecular flexibility index (Phi) is 13.6. The third-order valence-electron chi connectivity index (χ3n) is 14.6. The number of amides is 2. The number of pyridine rings is 2. The van der Waals surface area contributed by atoms with E-state index in [1.165, 1.54) is 11.1 Å². The topological polar surface area (TPSA) is 143 Å². The van der Waals surface area contributed by atoms with Gasteiger partial charge in [0.25, 0.3) is 0 Å². The first kappa shape index (κ1) is 47.2. The Morgan fingerprint density at radius 3 is 1.65 bits per heavy atom. The molecule has 15 nitrogen and oxygen atoms in total. The number of piperazine rings is 1. The molecule has 0 saturated carbocycles. The van der Waals surface area contributed by atoms with Gasteiger partial charge in [0.1, 0.15) is 23.1 Å². The Morgan fingerprint density at radius 1 is 0.563 bits per heavy atom. The number of rotatable bonds is 14. The van der Waals surface area contributed by atoms with Crippen LogP contribution < -0.4 is 50.3 Å². The normalized spacial score (nSPS) is 15.9. The van der Waals surface area contributed by atoms with Gasteiger partial charge in [-0.15, -0.1) is 0 Å². The molecule has 2 amide bonds. The van der Waals surface area contributed by atoms with E-state index in [0.717, 1.165) is 139 Å². The number of benzene rings is 4. The van der Waals surface area contributed by atoms with Gasteiger partial charge in [0.2, 0.25) is 11.8 Å². The van der Waals surface area contributed by atoms with Crippen LogP contribution in [0.1, 0.15) is 63.1 Å². The van der Waals surface area contributed by atoms with Gasteiger partial charge in [0.05, 0.1) is 48.3 Å². The molecule has 10 rings (SSSR count). The molecule has 2 fully saturated rings. The zero-order valence-electron chi connectivity index (χ0n) is 41.7. The third-order valence-corrected chi connectivity index (χ3v) is 14.6. The number of nitrogens with one attached hydrogen (secondary N) is 4. The van der Waals surface area contributed by atoms with Crippen molar-refractivity contribution in [3.8, 4) is 11.5 Å². The van der Waals surface area contributed by atoms with Crippen LogP contribution in [-0.2, 0) is 22.4 Å². The summed E-state index contributed by atoms with van der Waals surface area (Å²) in [5, 5.41) is 14.2. The number of hydrogen-bond acceptors (Lipinski definition) is 13. The number of carbonyl (C=O) groups excluding carboxylic acids is 2. The molecule has 0 atom stereocenters. The smallest absolute Gasteiger partial charge is 0.223 e. The lowest BCUT2D eigenvalue weighted by Crippen LogP contribution is -2.48. The molecule has 71 heavy (non-hydrogen) atoms. The van der Waals surface area contributed by atoms with Gasteiger partial charge >= 0.3 is 0 Å². The number of fused-ring (bicyclic) bond motifs is 2. The average Bonchev–Trinajstić information content (AvgIpc) is 4.04. The highest BCUT2D eigenvalue weighted by atomic mass is 16.5. The molecular formula is C56H65N11O4. The van der Waals surface area contributed by atoms with Crippen LogP contribution in [0.2, 0.25) is 0 Å². The van der Waals surface area contributed by atoms with Crippen LogP contribution in [0, 0.1) is 0 Å². The Morgan fingerprint density at radius 2 is 1.10 bits per heavy atom. The Hall–Kier alpha value is -7.52. The lowest BCUT2D eigenvalue weighted by Gasteiger charge is -2.38. The number of piperidine rings is 1.